The Morgan fingerprint density at radius 2 is 1.78 bits per heavy atom. The average molecular weight is 379 g/mol. The topological polar surface area (TPSA) is 62.1 Å². The minimum absolute atomic E-state index is 0.163. The van der Waals surface area contributed by atoms with Crippen molar-refractivity contribution in [3.8, 4) is 6.07 Å². The Balaban J connectivity index is 1.98. The van der Waals surface area contributed by atoms with Gasteiger partial charge < -0.3 is 10.1 Å². The van der Waals surface area contributed by atoms with Crippen molar-refractivity contribution in [2.45, 2.75) is 26.4 Å². The molecule has 0 fully saturated rings. The molecule has 0 radical (unpaired) electrons. The molecule has 1 heterocycles. The van der Waals surface area contributed by atoms with E-state index >= 15 is 0 Å². The first-order valence-corrected chi connectivity index (χ1v) is 8.95. The Morgan fingerprint density at radius 3 is 2.44 bits per heavy atom. The summed E-state index contributed by atoms with van der Waals surface area (Å²) in [6, 6.07) is 19.0. The second-order valence-electron chi connectivity index (χ2n) is 6.33. The zero-order valence-corrected chi connectivity index (χ0v) is 15.9. The van der Waals surface area contributed by atoms with Crippen LogP contribution in [0.25, 0.3) is 0 Å². The van der Waals surface area contributed by atoms with Crippen molar-refractivity contribution in [2.24, 2.45) is 0 Å². The van der Waals surface area contributed by atoms with E-state index in [9.17, 15) is 10.1 Å². The Bertz CT molecular complexity index is 971. The van der Waals surface area contributed by atoms with Crippen LogP contribution in [0.1, 0.15) is 30.9 Å². The highest BCUT2D eigenvalue weighted by Gasteiger charge is 2.35. The van der Waals surface area contributed by atoms with Gasteiger partial charge in [0.2, 0.25) is 0 Å². The molecule has 0 aliphatic carbocycles. The zero-order valence-electron chi connectivity index (χ0n) is 15.1. The Hall–Kier alpha value is -3.03. The number of hydrogen-bond donors (Lipinski definition) is 1. The monoisotopic (exact) mass is 378 g/mol. The van der Waals surface area contributed by atoms with Gasteiger partial charge >= 0.3 is 5.97 Å². The number of ether oxygens (including phenoxy) is 1. The van der Waals surface area contributed by atoms with E-state index in [1.165, 1.54) is 0 Å². The summed E-state index contributed by atoms with van der Waals surface area (Å²) in [5.74, 6) is -1.03. The highest BCUT2D eigenvalue weighted by atomic mass is 35.5. The molecule has 1 aliphatic rings. The molecule has 1 N–H and O–H groups in total. The van der Waals surface area contributed by atoms with Crippen molar-refractivity contribution < 1.29 is 9.53 Å². The SMILES string of the molecule is CC1=C(C#N)C(c2ccccc2Cl)C(C(=O)OCc2ccccc2)=C(C)N1. The summed E-state index contributed by atoms with van der Waals surface area (Å²) in [4.78, 5) is 12.9. The number of nitrogens with zero attached hydrogens (tertiary/aromatic N) is 1. The molecule has 2 aromatic carbocycles. The highest BCUT2D eigenvalue weighted by Crippen LogP contribution is 2.40. The third-order valence-corrected chi connectivity index (χ3v) is 4.87. The van der Waals surface area contributed by atoms with Gasteiger partial charge in [-0.05, 0) is 31.0 Å². The lowest BCUT2D eigenvalue weighted by Gasteiger charge is -2.29. The molecule has 1 aliphatic heterocycles. The van der Waals surface area contributed by atoms with Crippen LogP contribution in [0.5, 0.6) is 0 Å². The number of nitrogens with one attached hydrogen (secondary N) is 1. The second-order valence-corrected chi connectivity index (χ2v) is 6.74. The predicted octanol–water partition coefficient (Wildman–Crippen LogP) is 4.84. The van der Waals surface area contributed by atoms with Gasteiger partial charge in [-0.2, -0.15) is 5.26 Å². The van der Waals surface area contributed by atoms with Gasteiger partial charge in [-0.1, -0.05) is 60.1 Å². The molecule has 5 heteroatoms. The van der Waals surface area contributed by atoms with Crippen LogP contribution in [0, 0.1) is 11.3 Å². The van der Waals surface area contributed by atoms with Crippen molar-refractivity contribution in [3.63, 3.8) is 0 Å². The summed E-state index contributed by atoms with van der Waals surface area (Å²) in [5.41, 5.74) is 3.84. The molecule has 0 aromatic heterocycles. The standard InChI is InChI=1S/C22H19ClN2O2/c1-14-18(12-24)21(17-10-6-7-11-19(17)23)20(15(2)25-14)22(26)27-13-16-8-4-3-5-9-16/h3-11,21,25H,13H2,1-2H3. The molecular weight excluding hydrogens is 360 g/mol. The molecule has 0 bridgehead atoms. The number of halogens is 1. The summed E-state index contributed by atoms with van der Waals surface area (Å²) < 4.78 is 5.55. The maximum Gasteiger partial charge on any atom is 0.337 e. The van der Waals surface area contributed by atoms with E-state index in [2.05, 4.69) is 11.4 Å². The summed E-state index contributed by atoms with van der Waals surface area (Å²) in [7, 11) is 0. The van der Waals surface area contributed by atoms with Crippen LogP contribution >= 0.6 is 11.6 Å². The number of allylic oxidation sites excluding steroid dienone is 3. The summed E-state index contributed by atoms with van der Waals surface area (Å²) in [6.07, 6.45) is 0. The van der Waals surface area contributed by atoms with Crippen molar-refractivity contribution in [3.05, 3.63) is 93.3 Å². The fourth-order valence-corrected chi connectivity index (χ4v) is 3.48. The van der Waals surface area contributed by atoms with E-state index in [0.29, 0.717) is 33.1 Å². The number of rotatable bonds is 4. The third kappa shape index (κ3) is 3.89. The largest absolute Gasteiger partial charge is 0.457 e. The normalized spacial score (nSPS) is 16.6. The van der Waals surface area contributed by atoms with Crippen molar-refractivity contribution >= 4 is 17.6 Å². The maximum atomic E-state index is 12.9. The van der Waals surface area contributed by atoms with Gasteiger partial charge in [0.1, 0.15) is 6.61 Å². The molecule has 4 nitrogen and oxygen atoms in total. The van der Waals surface area contributed by atoms with Crippen LogP contribution in [0.2, 0.25) is 5.02 Å². The van der Waals surface area contributed by atoms with Crippen molar-refractivity contribution in [2.75, 3.05) is 0 Å². The van der Waals surface area contributed by atoms with Gasteiger partial charge in [-0.15, -0.1) is 0 Å². The molecule has 3 rings (SSSR count). The number of esters is 1. The van der Waals surface area contributed by atoms with Gasteiger partial charge in [0, 0.05) is 16.4 Å². The predicted molar refractivity (Wildman–Crippen MR) is 105 cm³/mol. The Kier molecular flexibility index (Phi) is 5.63. The third-order valence-electron chi connectivity index (χ3n) is 4.53. The number of dihydropyridines is 1. The first kappa shape index (κ1) is 18.8. The molecular formula is C22H19ClN2O2. The molecule has 27 heavy (non-hydrogen) atoms. The number of hydrogen-bond acceptors (Lipinski definition) is 4. The minimum atomic E-state index is -0.562. The molecule has 0 spiro atoms. The first-order chi connectivity index (χ1) is 13.0. The molecule has 0 saturated carbocycles. The zero-order chi connectivity index (χ0) is 19.4. The van der Waals surface area contributed by atoms with E-state index in [0.717, 1.165) is 5.56 Å². The molecule has 1 unspecified atom stereocenters. The quantitative estimate of drug-likeness (QED) is 0.773. The molecule has 2 aromatic rings. The van der Waals surface area contributed by atoms with Crippen molar-refractivity contribution in [1.82, 2.24) is 5.32 Å². The van der Waals surface area contributed by atoms with Crippen LogP contribution < -0.4 is 5.32 Å². The summed E-state index contributed by atoms with van der Waals surface area (Å²) >= 11 is 6.39. The highest BCUT2D eigenvalue weighted by molar-refractivity contribution is 6.31. The molecule has 0 amide bonds. The minimum Gasteiger partial charge on any atom is -0.457 e. The maximum absolute atomic E-state index is 12.9. The van der Waals surface area contributed by atoms with Crippen LogP contribution in [0.15, 0.2) is 77.1 Å². The van der Waals surface area contributed by atoms with Gasteiger partial charge in [0.25, 0.3) is 0 Å². The molecule has 136 valence electrons. The molecule has 0 saturated heterocycles. The van der Waals surface area contributed by atoms with E-state index in [1.54, 1.807) is 13.0 Å². The van der Waals surface area contributed by atoms with Crippen molar-refractivity contribution in [1.29, 1.82) is 5.26 Å². The van der Waals surface area contributed by atoms with Crippen LogP contribution in [-0.2, 0) is 16.1 Å². The van der Waals surface area contributed by atoms with E-state index in [-0.39, 0.29) is 6.61 Å². The lowest BCUT2D eigenvalue weighted by Crippen LogP contribution is -2.28. The van der Waals surface area contributed by atoms with Crippen LogP contribution in [-0.4, -0.2) is 5.97 Å². The van der Waals surface area contributed by atoms with Crippen LogP contribution in [0.4, 0.5) is 0 Å². The average Bonchev–Trinajstić information content (AvgIpc) is 2.67. The van der Waals surface area contributed by atoms with Gasteiger partial charge in [-0.3, -0.25) is 0 Å². The number of benzene rings is 2. The van der Waals surface area contributed by atoms with Gasteiger partial charge in [-0.25, -0.2) is 4.79 Å². The Morgan fingerprint density at radius 1 is 1.11 bits per heavy atom. The first-order valence-electron chi connectivity index (χ1n) is 8.57. The van der Waals surface area contributed by atoms with Crippen LogP contribution in [0.3, 0.4) is 0 Å². The second kappa shape index (κ2) is 8.11. The lowest BCUT2D eigenvalue weighted by atomic mass is 9.81. The van der Waals surface area contributed by atoms with Gasteiger partial charge in [0.05, 0.1) is 23.1 Å². The summed E-state index contributed by atoms with van der Waals surface area (Å²) in [5, 5.41) is 13.3. The Labute approximate surface area is 163 Å². The fraction of sp³-hybridized carbons (Fsp3) is 0.182. The van der Waals surface area contributed by atoms with E-state index < -0.39 is 11.9 Å². The lowest BCUT2D eigenvalue weighted by molar-refractivity contribution is -0.140. The smallest absolute Gasteiger partial charge is 0.337 e. The summed E-state index contributed by atoms with van der Waals surface area (Å²) in [6.45, 7) is 3.79. The van der Waals surface area contributed by atoms with E-state index in [4.69, 9.17) is 16.3 Å². The number of carbonyl (C=O) groups excluding carboxylic acids is 1. The van der Waals surface area contributed by atoms with E-state index in [1.807, 2.05) is 55.5 Å². The number of carbonyl (C=O) groups is 1. The fourth-order valence-electron chi connectivity index (χ4n) is 3.23. The number of nitriles is 1. The van der Waals surface area contributed by atoms with Gasteiger partial charge in [0.15, 0.2) is 0 Å². The molecule has 1 atom stereocenters.